The lowest BCUT2D eigenvalue weighted by Crippen LogP contribution is -2.19. The van der Waals surface area contributed by atoms with Crippen molar-refractivity contribution < 1.29 is 9.90 Å². The van der Waals surface area contributed by atoms with Gasteiger partial charge in [-0.05, 0) is 41.3 Å². The lowest BCUT2D eigenvalue weighted by Gasteiger charge is -2.22. The van der Waals surface area contributed by atoms with Crippen molar-refractivity contribution in [1.29, 1.82) is 0 Å². The first-order valence-corrected chi connectivity index (χ1v) is 9.22. The number of hydrogen-bond acceptors (Lipinski definition) is 3. The van der Waals surface area contributed by atoms with Crippen LogP contribution in [0.3, 0.4) is 0 Å². The molecule has 0 radical (unpaired) electrons. The number of rotatable bonds is 4. The number of hydrogen-bond donors (Lipinski definition) is 1. The van der Waals surface area contributed by atoms with Crippen molar-refractivity contribution >= 4 is 46.8 Å². The topological polar surface area (TPSA) is 49.7 Å². The highest BCUT2D eigenvalue weighted by Gasteiger charge is 2.27. The van der Waals surface area contributed by atoms with Gasteiger partial charge in [-0.3, -0.25) is 9.79 Å². The lowest BCUT2D eigenvalue weighted by molar-refractivity contribution is -0.116. The number of ketones is 1. The van der Waals surface area contributed by atoms with Gasteiger partial charge < -0.3 is 5.11 Å². The van der Waals surface area contributed by atoms with Gasteiger partial charge in [0.1, 0.15) is 5.76 Å². The molecular weight excluding hydrogens is 393 g/mol. The predicted octanol–water partition coefficient (Wildman–Crippen LogP) is 6.18. The van der Waals surface area contributed by atoms with Crippen molar-refractivity contribution in [1.82, 2.24) is 0 Å². The molecular formula is C20H16Cl3NO2. The summed E-state index contributed by atoms with van der Waals surface area (Å²) in [6, 6.07) is 12.6. The molecule has 0 amide bonds. The van der Waals surface area contributed by atoms with Gasteiger partial charge in [-0.2, -0.15) is 0 Å². The van der Waals surface area contributed by atoms with Crippen LogP contribution in [0.15, 0.2) is 58.8 Å². The van der Waals surface area contributed by atoms with Gasteiger partial charge in [0.2, 0.25) is 0 Å². The fourth-order valence-electron chi connectivity index (χ4n) is 2.91. The van der Waals surface area contributed by atoms with Crippen LogP contribution in [0.5, 0.6) is 0 Å². The number of nitrogens with zero attached hydrogens (tertiary/aromatic N) is 1. The third-order valence-corrected chi connectivity index (χ3v) is 5.29. The molecule has 3 rings (SSSR count). The summed E-state index contributed by atoms with van der Waals surface area (Å²) < 4.78 is 0. The zero-order valence-corrected chi connectivity index (χ0v) is 16.0. The highest BCUT2D eigenvalue weighted by Crippen LogP contribution is 2.33. The van der Waals surface area contributed by atoms with E-state index in [0.29, 0.717) is 34.5 Å². The number of Topliss-reactive ketones (excluding diaryl/α,β-unsaturated/α-hetero) is 1. The fourth-order valence-corrected chi connectivity index (χ4v) is 3.35. The zero-order chi connectivity index (χ0) is 18.7. The van der Waals surface area contributed by atoms with E-state index in [0.717, 1.165) is 11.1 Å². The second-order valence-corrected chi connectivity index (χ2v) is 7.41. The Morgan fingerprint density at radius 2 is 1.77 bits per heavy atom. The van der Waals surface area contributed by atoms with E-state index in [9.17, 15) is 9.90 Å². The van der Waals surface area contributed by atoms with Crippen molar-refractivity contribution in [3.05, 3.63) is 80.0 Å². The summed E-state index contributed by atoms with van der Waals surface area (Å²) in [5.74, 6) is -0.0994. The first-order chi connectivity index (χ1) is 12.4. The number of aliphatic hydroxyl groups excluding tert-OH is 1. The Labute approximate surface area is 166 Å². The molecule has 0 saturated heterocycles. The van der Waals surface area contributed by atoms with Crippen LogP contribution in [0, 0.1) is 0 Å². The van der Waals surface area contributed by atoms with E-state index in [1.54, 1.807) is 24.3 Å². The van der Waals surface area contributed by atoms with E-state index in [-0.39, 0.29) is 23.0 Å². The van der Waals surface area contributed by atoms with Crippen molar-refractivity contribution in [2.24, 2.45) is 4.99 Å². The number of aliphatic hydroxyl groups is 1. The van der Waals surface area contributed by atoms with Crippen LogP contribution >= 0.6 is 34.8 Å². The van der Waals surface area contributed by atoms with Crippen molar-refractivity contribution in [2.75, 3.05) is 0 Å². The third-order valence-electron chi connectivity index (χ3n) is 4.30. The summed E-state index contributed by atoms with van der Waals surface area (Å²) in [6.07, 6.45) is 2.18. The maximum Gasteiger partial charge on any atom is 0.168 e. The van der Waals surface area contributed by atoms with Crippen molar-refractivity contribution in [3.8, 4) is 0 Å². The van der Waals surface area contributed by atoms with E-state index in [2.05, 4.69) is 4.99 Å². The third kappa shape index (κ3) is 4.47. The van der Waals surface area contributed by atoms with Gasteiger partial charge in [-0.15, -0.1) is 0 Å². The molecule has 0 bridgehead atoms. The summed E-state index contributed by atoms with van der Waals surface area (Å²) in [6.45, 7) is 0.349. The van der Waals surface area contributed by atoms with Gasteiger partial charge in [-0.1, -0.05) is 53.0 Å². The molecule has 1 aliphatic rings. The first kappa shape index (κ1) is 19.0. The standard InChI is InChI=1S/C20H16Cl3NO2/c21-15-4-2-13(3-5-15)14-8-19(25)16(20(26)9-14)11-24-10-12-1-6-17(22)18(23)7-12/h1-7,11,14,25H,8-10H2. The molecule has 1 N–H and O–H groups in total. The number of allylic oxidation sites excluding steroid dienone is 2. The monoisotopic (exact) mass is 407 g/mol. The average Bonchev–Trinajstić information content (AvgIpc) is 2.61. The normalized spacial score (nSPS) is 18.0. The van der Waals surface area contributed by atoms with Gasteiger partial charge in [0.05, 0.1) is 22.2 Å². The van der Waals surface area contributed by atoms with Crippen LogP contribution in [0.25, 0.3) is 0 Å². The molecule has 6 heteroatoms. The number of carbonyl (C=O) groups is 1. The number of aliphatic imine (C=N–C) groups is 1. The smallest absolute Gasteiger partial charge is 0.168 e. The molecule has 2 aromatic carbocycles. The van der Waals surface area contributed by atoms with Crippen molar-refractivity contribution in [3.63, 3.8) is 0 Å². The Bertz CT molecular complexity index is 888. The minimum absolute atomic E-state index is 0.0491. The SMILES string of the molecule is O=C1CC(c2ccc(Cl)cc2)CC(O)=C1C=NCc1ccc(Cl)c(Cl)c1. The van der Waals surface area contributed by atoms with Gasteiger partial charge in [-0.25, -0.2) is 0 Å². The summed E-state index contributed by atoms with van der Waals surface area (Å²) >= 11 is 17.8. The highest BCUT2D eigenvalue weighted by molar-refractivity contribution is 6.42. The molecule has 0 spiro atoms. The van der Waals surface area contributed by atoms with E-state index >= 15 is 0 Å². The first-order valence-electron chi connectivity index (χ1n) is 8.08. The quantitative estimate of drug-likeness (QED) is 0.614. The second kappa shape index (κ2) is 8.26. The van der Waals surface area contributed by atoms with Crippen LogP contribution in [0.1, 0.15) is 29.9 Å². The fraction of sp³-hybridized carbons (Fsp3) is 0.200. The molecule has 0 heterocycles. The molecule has 0 fully saturated rings. The highest BCUT2D eigenvalue weighted by atomic mass is 35.5. The van der Waals surface area contributed by atoms with Gasteiger partial charge in [0, 0.05) is 24.1 Å². The second-order valence-electron chi connectivity index (χ2n) is 6.16. The van der Waals surface area contributed by atoms with Gasteiger partial charge in [0.15, 0.2) is 5.78 Å². The zero-order valence-electron chi connectivity index (χ0n) is 13.8. The van der Waals surface area contributed by atoms with E-state index in [1.165, 1.54) is 6.21 Å². The number of carbonyl (C=O) groups excluding carboxylic acids is 1. The minimum Gasteiger partial charge on any atom is -0.511 e. The molecule has 134 valence electrons. The molecule has 1 aliphatic carbocycles. The lowest BCUT2D eigenvalue weighted by atomic mass is 9.83. The average molecular weight is 409 g/mol. The van der Waals surface area contributed by atoms with E-state index in [1.807, 2.05) is 18.2 Å². The van der Waals surface area contributed by atoms with Gasteiger partial charge in [0.25, 0.3) is 0 Å². The van der Waals surface area contributed by atoms with Crippen LogP contribution in [0.4, 0.5) is 0 Å². The Kier molecular flexibility index (Phi) is 6.02. The molecule has 0 aromatic heterocycles. The molecule has 26 heavy (non-hydrogen) atoms. The molecule has 0 saturated carbocycles. The van der Waals surface area contributed by atoms with Crippen LogP contribution < -0.4 is 0 Å². The van der Waals surface area contributed by atoms with Crippen LogP contribution in [-0.4, -0.2) is 17.1 Å². The van der Waals surface area contributed by atoms with Crippen LogP contribution in [0.2, 0.25) is 15.1 Å². The minimum atomic E-state index is -0.119. The van der Waals surface area contributed by atoms with Gasteiger partial charge >= 0.3 is 0 Å². The molecule has 0 aliphatic heterocycles. The van der Waals surface area contributed by atoms with Crippen LogP contribution in [-0.2, 0) is 11.3 Å². The van der Waals surface area contributed by atoms with E-state index < -0.39 is 0 Å². The molecule has 1 atom stereocenters. The molecule has 2 aromatic rings. The summed E-state index contributed by atoms with van der Waals surface area (Å²) in [5, 5.41) is 11.9. The Hall–Kier alpha value is -1.81. The summed E-state index contributed by atoms with van der Waals surface area (Å²) in [5.41, 5.74) is 2.13. The Morgan fingerprint density at radius 3 is 2.42 bits per heavy atom. The number of benzene rings is 2. The largest absolute Gasteiger partial charge is 0.511 e. The molecule has 3 nitrogen and oxygen atoms in total. The maximum atomic E-state index is 12.4. The number of halogens is 3. The summed E-state index contributed by atoms with van der Waals surface area (Å²) in [4.78, 5) is 16.7. The van der Waals surface area contributed by atoms with Crippen molar-refractivity contribution in [2.45, 2.75) is 25.3 Å². The summed E-state index contributed by atoms with van der Waals surface area (Å²) in [7, 11) is 0. The van der Waals surface area contributed by atoms with E-state index in [4.69, 9.17) is 34.8 Å². The Morgan fingerprint density at radius 1 is 1.04 bits per heavy atom. The predicted molar refractivity (Wildman–Crippen MR) is 107 cm³/mol. The Balaban J connectivity index is 1.71. The maximum absolute atomic E-state index is 12.4. The molecule has 1 unspecified atom stereocenters.